The molecule has 3 heteroatoms. The van der Waals surface area contributed by atoms with Gasteiger partial charge in [-0.05, 0) is 106 Å². The number of nitrogens with zero attached hydrogens (tertiary/aromatic N) is 2. The molecule has 0 atom stereocenters. The Morgan fingerprint density at radius 1 is 0.481 bits per heavy atom. The van der Waals surface area contributed by atoms with Crippen LogP contribution in [0.3, 0.4) is 0 Å². The summed E-state index contributed by atoms with van der Waals surface area (Å²) in [5.41, 5.74) is 11.1. The first-order valence-electron chi connectivity index (χ1n) is 18.5. The van der Waals surface area contributed by atoms with Crippen LogP contribution >= 0.6 is 0 Å². The van der Waals surface area contributed by atoms with Gasteiger partial charge >= 0.3 is 0 Å². The number of benzene rings is 8. The summed E-state index contributed by atoms with van der Waals surface area (Å²) in [4.78, 5) is 0. The van der Waals surface area contributed by atoms with Crippen molar-refractivity contribution in [2.24, 2.45) is 0 Å². The third kappa shape index (κ3) is 4.42. The molecule has 0 aliphatic carbocycles. The van der Waals surface area contributed by atoms with Crippen molar-refractivity contribution in [2.75, 3.05) is 0 Å². The highest BCUT2D eigenvalue weighted by Gasteiger charge is 2.21. The van der Waals surface area contributed by atoms with Crippen LogP contribution in [0.5, 0.6) is 0 Å². The van der Waals surface area contributed by atoms with E-state index in [0.717, 1.165) is 50.1 Å². The number of fused-ring (bicyclic) bond motifs is 10. The third-order valence-corrected chi connectivity index (χ3v) is 11.2. The van der Waals surface area contributed by atoms with Crippen molar-refractivity contribution in [1.82, 2.24) is 9.13 Å². The summed E-state index contributed by atoms with van der Waals surface area (Å²) in [7, 11) is 0. The second kappa shape index (κ2) is 11.7. The summed E-state index contributed by atoms with van der Waals surface area (Å²) in [5.74, 6) is 0.821. The van der Waals surface area contributed by atoms with Crippen LogP contribution in [0.4, 0.5) is 0 Å². The number of furan rings is 1. The molecule has 0 N–H and O–H groups in total. The SMILES string of the molecule is C=Cc1c(/C=C\C)oc2c1ccc1c3cc(-c4ccc5c(c4)c4ccccc4n5-c4ccc5ccccc5c4)ccc3n(-c3ccc4ccccc4c3)c12. The van der Waals surface area contributed by atoms with Crippen LogP contribution in [0.25, 0.3) is 111 Å². The molecule has 0 unspecified atom stereocenters. The molecule has 3 aromatic heterocycles. The van der Waals surface area contributed by atoms with Crippen molar-refractivity contribution >= 4 is 88.3 Å². The van der Waals surface area contributed by atoms with Crippen LogP contribution in [0.2, 0.25) is 0 Å². The van der Waals surface area contributed by atoms with Crippen LogP contribution in [0.1, 0.15) is 18.2 Å². The number of hydrogen-bond donors (Lipinski definition) is 0. The van der Waals surface area contributed by atoms with E-state index in [1.807, 2.05) is 25.2 Å². The monoisotopic (exact) mass is 690 g/mol. The van der Waals surface area contributed by atoms with Crippen molar-refractivity contribution in [3.63, 3.8) is 0 Å². The Hall–Kier alpha value is -7.10. The lowest BCUT2D eigenvalue weighted by molar-refractivity contribution is 0.605. The molecule has 0 saturated heterocycles. The van der Waals surface area contributed by atoms with E-state index in [1.165, 1.54) is 59.9 Å². The first-order chi connectivity index (χ1) is 26.7. The molecule has 0 bridgehead atoms. The third-order valence-electron chi connectivity index (χ3n) is 11.2. The summed E-state index contributed by atoms with van der Waals surface area (Å²) in [5, 5.41) is 10.8. The Balaban J connectivity index is 1.15. The fraction of sp³-hybridized carbons (Fsp3) is 0.0196. The molecule has 0 radical (unpaired) electrons. The quantitative estimate of drug-likeness (QED) is 0.176. The highest BCUT2D eigenvalue weighted by Crippen LogP contribution is 2.42. The summed E-state index contributed by atoms with van der Waals surface area (Å²) in [6.07, 6.45) is 5.95. The van der Waals surface area contributed by atoms with Gasteiger partial charge in [0.05, 0.1) is 22.1 Å². The van der Waals surface area contributed by atoms with Gasteiger partial charge in [-0.15, -0.1) is 0 Å². The number of para-hydroxylation sites is 1. The lowest BCUT2D eigenvalue weighted by Crippen LogP contribution is -1.94. The molecule has 54 heavy (non-hydrogen) atoms. The van der Waals surface area contributed by atoms with Gasteiger partial charge < -0.3 is 13.6 Å². The average molecular weight is 691 g/mol. The molecule has 3 nitrogen and oxygen atoms in total. The maximum atomic E-state index is 6.71. The minimum Gasteiger partial charge on any atom is -0.454 e. The Bertz CT molecular complexity index is 3370. The molecule has 0 aliphatic heterocycles. The molecule has 11 aromatic rings. The minimum atomic E-state index is 0.821. The Kier molecular flexibility index (Phi) is 6.62. The molecule has 254 valence electrons. The van der Waals surface area contributed by atoms with E-state index in [0.29, 0.717) is 0 Å². The highest BCUT2D eigenvalue weighted by atomic mass is 16.3. The lowest BCUT2D eigenvalue weighted by atomic mass is 10.00. The van der Waals surface area contributed by atoms with Crippen LogP contribution in [-0.2, 0) is 0 Å². The standard InChI is InChI=1S/C51H34N2O/c1-3-11-49-40(4-2)43-25-24-42-45-31-37(21-27-48(45)53(50(42)51(43)54-49)39-23-19-33-13-6-8-15-35(33)29-39)36-20-26-47-44(30-36)41-16-9-10-17-46(41)52(47)38-22-18-32-12-5-7-14-34(32)28-38/h3-31H,2H2,1H3/b11-3-. The fourth-order valence-corrected chi connectivity index (χ4v) is 8.69. The number of rotatable bonds is 5. The minimum absolute atomic E-state index is 0.821. The zero-order valence-electron chi connectivity index (χ0n) is 29.8. The Labute approximate surface area is 311 Å². The van der Waals surface area contributed by atoms with Gasteiger partial charge in [0.25, 0.3) is 0 Å². The van der Waals surface area contributed by atoms with Crippen molar-refractivity contribution < 1.29 is 4.42 Å². The van der Waals surface area contributed by atoms with E-state index in [2.05, 4.69) is 173 Å². The molecule has 0 spiro atoms. The Morgan fingerprint density at radius 2 is 1.04 bits per heavy atom. The van der Waals surface area contributed by atoms with Crippen molar-refractivity contribution in [3.8, 4) is 22.5 Å². The fourth-order valence-electron chi connectivity index (χ4n) is 8.69. The van der Waals surface area contributed by atoms with E-state index < -0.39 is 0 Å². The van der Waals surface area contributed by atoms with Crippen LogP contribution in [0, 0.1) is 0 Å². The molecule has 0 amide bonds. The average Bonchev–Trinajstić information content (AvgIpc) is 3.87. The van der Waals surface area contributed by atoms with Crippen molar-refractivity contribution in [1.29, 1.82) is 0 Å². The number of allylic oxidation sites excluding steroid dienone is 1. The summed E-state index contributed by atoms with van der Waals surface area (Å²) in [6, 6.07) is 57.6. The number of hydrogen-bond acceptors (Lipinski definition) is 1. The van der Waals surface area contributed by atoms with Gasteiger partial charge in [-0.25, -0.2) is 0 Å². The molecule has 0 saturated carbocycles. The first-order valence-corrected chi connectivity index (χ1v) is 18.5. The Morgan fingerprint density at radius 3 is 1.70 bits per heavy atom. The highest BCUT2D eigenvalue weighted by molar-refractivity contribution is 6.19. The maximum absolute atomic E-state index is 6.71. The summed E-state index contributed by atoms with van der Waals surface area (Å²) >= 11 is 0. The van der Waals surface area contributed by atoms with Gasteiger partial charge in [0, 0.05) is 43.9 Å². The predicted molar refractivity (Wildman–Crippen MR) is 230 cm³/mol. The number of aromatic nitrogens is 2. The zero-order chi connectivity index (χ0) is 35.9. The molecule has 3 heterocycles. The second-order valence-electron chi connectivity index (χ2n) is 14.1. The van der Waals surface area contributed by atoms with E-state index in [-0.39, 0.29) is 0 Å². The molecular formula is C51H34N2O. The normalized spacial score (nSPS) is 12.2. The second-order valence-corrected chi connectivity index (χ2v) is 14.1. The zero-order valence-corrected chi connectivity index (χ0v) is 29.8. The van der Waals surface area contributed by atoms with Gasteiger partial charge in [0.2, 0.25) is 0 Å². The molecule has 0 aliphatic rings. The molecule has 8 aromatic carbocycles. The van der Waals surface area contributed by atoms with Gasteiger partial charge in [-0.2, -0.15) is 0 Å². The van der Waals surface area contributed by atoms with Crippen LogP contribution in [-0.4, -0.2) is 9.13 Å². The smallest absolute Gasteiger partial charge is 0.160 e. The summed E-state index contributed by atoms with van der Waals surface area (Å²) < 4.78 is 11.5. The predicted octanol–water partition coefficient (Wildman–Crippen LogP) is 14.3. The van der Waals surface area contributed by atoms with Crippen LogP contribution in [0.15, 0.2) is 175 Å². The van der Waals surface area contributed by atoms with E-state index in [9.17, 15) is 0 Å². The van der Waals surface area contributed by atoms with E-state index in [1.54, 1.807) is 0 Å². The van der Waals surface area contributed by atoms with Gasteiger partial charge in [-0.3, -0.25) is 0 Å². The molecular weight excluding hydrogens is 657 g/mol. The maximum Gasteiger partial charge on any atom is 0.160 e. The van der Waals surface area contributed by atoms with Crippen molar-refractivity contribution in [3.05, 3.63) is 182 Å². The van der Waals surface area contributed by atoms with Crippen molar-refractivity contribution in [2.45, 2.75) is 6.92 Å². The van der Waals surface area contributed by atoms with E-state index >= 15 is 0 Å². The van der Waals surface area contributed by atoms with Crippen LogP contribution < -0.4 is 0 Å². The largest absolute Gasteiger partial charge is 0.454 e. The summed E-state index contributed by atoms with van der Waals surface area (Å²) in [6.45, 7) is 6.16. The van der Waals surface area contributed by atoms with Gasteiger partial charge in [0.1, 0.15) is 5.76 Å². The van der Waals surface area contributed by atoms with Gasteiger partial charge in [-0.1, -0.05) is 116 Å². The first kappa shape index (κ1) is 30.5. The lowest BCUT2D eigenvalue weighted by Gasteiger charge is -2.11. The van der Waals surface area contributed by atoms with E-state index in [4.69, 9.17) is 4.42 Å². The van der Waals surface area contributed by atoms with Gasteiger partial charge in [0.15, 0.2) is 5.58 Å². The topological polar surface area (TPSA) is 23.0 Å². The molecule has 11 rings (SSSR count). The molecule has 0 fully saturated rings.